The number of H-pyrrole nitrogens is 1. The van der Waals surface area contributed by atoms with E-state index in [0.29, 0.717) is 28.3 Å². The van der Waals surface area contributed by atoms with E-state index < -0.39 is 0 Å². The van der Waals surface area contributed by atoms with Crippen molar-refractivity contribution >= 4 is 28.4 Å². The molecule has 0 aliphatic heterocycles. The predicted molar refractivity (Wildman–Crippen MR) is 114 cm³/mol. The average molecular weight is 383 g/mol. The first-order valence-corrected chi connectivity index (χ1v) is 9.51. The van der Waals surface area contributed by atoms with Gasteiger partial charge < -0.3 is 10.3 Å². The Morgan fingerprint density at radius 2 is 1.72 bits per heavy atom. The second kappa shape index (κ2) is 7.72. The van der Waals surface area contributed by atoms with Gasteiger partial charge in [0.1, 0.15) is 0 Å². The number of carbonyl (C=O) groups is 2. The van der Waals surface area contributed by atoms with Crippen molar-refractivity contribution in [1.82, 2.24) is 9.97 Å². The van der Waals surface area contributed by atoms with Crippen LogP contribution in [0.3, 0.4) is 0 Å². The maximum atomic E-state index is 13.1. The first-order valence-electron chi connectivity index (χ1n) is 9.51. The Morgan fingerprint density at radius 1 is 0.931 bits per heavy atom. The lowest BCUT2D eigenvalue weighted by atomic mass is 9.97. The van der Waals surface area contributed by atoms with E-state index in [1.165, 1.54) is 0 Å². The zero-order valence-corrected chi connectivity index (χ0v) is 16.3. The smallest absolute Gasteiger partial charge is 0.256 e. The first-order chi connectivity index (χ1) is 14.0. The summed E-state index contributed by atoms with van der Waals surface area (Å²) < 4.78 is 0. The van der Waals surface area contributed by atoms with E-state index in [4.69, 9.17) is 0 Å². The fourth-order valence-corrected chi connectivity index (χ4v) is 3.29. The van der Waals surface area contributed by atoms with Crippen molar-refractivity contribution in [1.29, 1.82) is 0 Å². The molecule has 0 aliphatic carbocycles. The maximum Gasteiger partial charge on any atom is 0.256 e. The molecule has 0 aliphatic rings. The van der Waals surface area contributed by atoms with Crippen LogP contribution < -0.4 is 5.32 Å². The number of ketones is 1. The minimum absolute atomic E-state index is 0.205. The molecular formula is C24H21N3O2. The molecule has 0 unspecified atom stereocenters. The number of amides is 1. The second-order valence-electron chi connectivity index (χ2n) is 7.24. The molecule has 0 bridgehead atoms. The van der Waals surface area contributed by atoms with Crippen molar-refractivity contribution in [2.24, 2.45) is 0 Å². The number of fused-ring (bicyclic) bond motifs is 1. The van der Waals surface area contributed by atoms with Crippen LogP contribution in [-0.4, -0.2) is 21.7 Å². The number of hydrogen-bond donors (Lipinski definition) is 2. The number of aromatic nitrogens is 2. The molecule has 1 aromatic heterocycles. The largest absolute Gasteiger partial charge is 0.345 e. The van der Waals surface area contributed by atoms with Gasteiger partial charge in [0.15, 0.2) is 5.78 Å². The lowest BCUT2D eigenvalue weighted by Gasteiger charge is -2.12. The Kier molecular flexibility index (Phi) is 4.96. The van der Waals surface area contributed by atoms with Crippen molar-refractivity contribution in [2.75, 3.05) is 5.32 Å². The van der Waals surface area contributed by atoms with Crippen molar-refractivity contribution in [3.63, 3.8) is 0 Å². The lowest BCUT2D eigenvalue weighted by molar-refractivity contribution is 0.0996. The minimum Gasteiger partial charge on any atom is -0.345 e. The van der Waals surface area contributed by atoms with E-state index in [2.05, 4.69) is 29.1 Å². The van der Waals surface area contributed by atoms with Crippen LogP contribution in [0.1, 0.15) is 51.6 Å². The summed E-state index contributed by atoms with van der Waals surface area (Å²) in [7, 11) is 0. The number of benzene rings is 3. The maximum absolute atomic E-state index is 13.1. The van der Waals surface area contributed by atoms with E-state index in [0.717, 1.165) is 16.6 Å². The monoisotopic (exact) mass is 383 g/mol. The molecule has 4 aromatic rings. The number of nitrogens with zero attached hydrogens (tertiary/aromatic N) is 1. The number of nitrogens with one attached hydrogen (secondary N) is 2. The third kappa shape index (κ3) is 3.80. The quantitative estimate of drug-likeness (QED) is 0.467. The first kappa shape index (κ1) is 18.6. The molecule has 5 nitrogen and oxygen atoms in total. The van der Waals surface area contributed by atoms with E-state index in [9.17, 15) is 9.59 Å². The number of imidazole rings is 1. The van der Waals surface area contributed by atoms with Gasteiger partial charge in [-0.2, -0.15) is 0 Å². The summed E-state index contributed by atoms with van der Waals surface area (Å²) in [4.78, 5) is 33.2. The van der Waals surface area contributed by atoms with Gasteiger partial charge >= 0.3 is 0 Å². The van der Waals surface area contributed by atoms with Crippen LogP contribution in [0.25, 0.3) is 11.0 Å². The topological polar surface area (TPSA) is 74.8 Å². The van der Waals surface area contributed by atoms with Gasteiger partial charge in [-0.1, -0.05) is 44.2 Å². The minimum atomic E-state index is -0.308. The van der Waals surface area contributed by atoms with Crippen LogP contribution >= 0.6 is 0 Å². The van der Waals surface area contributed by atoms with Crippen molar-refractivity contribution < 1.29 is 9.59 Å². The summed E-state index contributed by atoms with van der Waals surface area (Å²) in [6.45, 7) is 4.21. The van der Waals surface area contributed by atoms with Crippen molar-refractivity contribution in [3.05, 3.63) is 95.3 Å². The molecule has 3 aromatic carbocycles. The molecule has 0 saturated carbocycles. The predicted octanol–water partition coefficient (Wildman–Crippen LogP) is 5.17. The fraction of sp³-hybridized carbons (Fsp3) is 0.125. The highest BCUT2D eigenvalue weighted by molar-refractivity contribution is 6.18. The van der Waals surface area contributed by atoms with E-state index in [1.54, 1.807) is 48.8 Å². The highest BCUT2D eigenvalue weighted by atomic mass is 16.2. The SMILES string of the molecule is CC(C)c1cccc(NC(=O)c2ccccc2C(=O)c2ccc3nc[nH]c3c2)c1. The summed E-state index contributed by atoms with van der Waals surface area (Å²) in [6.07, 6.45) is 1.59. The number of hydrogen-bond acceptors (Lipinski definition) is 3. The summed E-state index contributed by atoms with van der Waals surface area (Å²) in [5.74, 6) is -0.154. The molecule has 0 saturated heterocycles. The third-order valence-electron chi connectivity index (χ3n) is 4.91. The third-order valence-corrected chi connectivity index (χ3v) is 4.91. The molecule has 144 valence electrons. The standard InChI is InChI=1S/C24H21N3O2/c1-15(2)16-6-5-7-18(12-16)27-24(29)20-9-4-3-8-19(20)23(28)17-10-11-21-22(13-17)26-14-25-21/h3-15H,1-2H3,(H,25,26)(H,27,29). The summed E-state index contributed by atoms with van der Waals surface area (Å²) in [6, 6.07) is 19.9. The number of anilines is 1. The Bertz CT molecular complexity index is 1210. The number of aromatic amines is 1. The Labute approximate surface area is 168 Å². The zero-order valence-electron chi connectivity index (χ0n) is 16.3. The molecule has 0 fully saturated rings. The molecule has 0 radical (unpaired) electrons. The van der Waals surface area contributed by atoms with Gasteiger partial charge in [0.05, 0.1) is 22.9 Å². The summed E-state index contributed by atoms with van der Waals surface area (Å²) >= 11 is 0. The van der Waals surface area contributed by atoms with E-state index in [1.807, 2.05) is 24.3 Å². The fourth-order valence-electron chi connectivity index (χ4n) is 3.29. The van der Waals surface area contributed by atoms with Crippen LogP contribution in [-0.2, 0) is 0 Å². The van der Waals surface area contributed by atoms with Gasteiger partial charge in [-0.05, 0) is 47.9 Å². The van der Waals surface area contributed by atoms with Crippen LogP contribution in [0.5, 0.6) is 0 Å². The summed E-state index contributed by atoms with van der Waals surface area (Å²) in [5, 5.41) is 2.92. The van der Waals surface area contributed by atoms with Gasteiger partial charge in [0.2, 0.25) is 0 Å². The molecular weight excluding hydrogens is 362 g/mol. The van der Waals surface area contributed by atoms with E-state index in [-0.39, 0.29) is 11.7 Å². The van der Waals surface area contributed by atoms with Crippen LogP contribution in [0.4, 0.5) is 5.69 Å². The summed E-state index contributed by atoms with van der Waals surface area (Å²) in [5.41, 5.74) is 4.63. The second-order valence-corrected chi connectivity index (χ2v) is 7.24. The van der Waals surface area contributed by atoms with Gasteiger partial charge in [0, 0.05) is 16.8 Å². The molecule has 4 rings (SSSR count). The highest BCUT2D eigenvalue weighted by Crippen LogP contribution is 2.21. The molecule has 5 heteroatoms. The molecule has 2 N–H and O–H groups in total. The average Bonchev–Trinajstić information content (AvgIpc) is 3.21. The Hall–Kier alpha value is -3.73. The number of carbonyl (C=O) groups excluding carboxylic acids is 2. The molecule has 0 spiro atoms. The van der Waals surface area contributed by atoms with Gasteiger partial charge in [0.25, 0.3) is 5.91 Å². The Morgan fingerprint density at radius 3 is 2.52 bits per heavy atom. The lowest BCUT2D eigenvalue weighted by Crippen LogP contribution is -2.17. The van der Waals surface area contributed by atoms with Crippen molar-refractivity contribution in [3.8, 4) is 0 Å². The zero-order chi connectivity index (χ0) is 20.4. The molecule has 0 atom stereocenters. The van der Waals surface area contributed by atoms with Crippen LogP contribution in [0.2, 0.25) is 0 Å². The van der Waals surface area contributed by atoms with Gasteiger partial charge in [-0.15, -0.1) is 0 Å². The Balaban J connectivity index is 1.64. The van der Waals surface area contributed by atoms with Crippen molar-refractivity contribution in [2.45, 2.75) is 19.8 Å². The molecule has 1 amide bonds. The van der Waals surface area contributed by atoms with Crippen LogP contribution in [0, 0.1) is 0 Å². The molecule has 29 heavy (non-hydrogen) atoms. The molecule has 1 heterocycles. The highest BCUT2D eigenvalue weighted by Gasteiger charge is 2.19. The van der Waals surface area contributed by atoms with Crippen LogP contribution in [0.15, 0.2) is 73.1 Å². The normalized spacial score (nSPS) is 11.0. The van der Waals surface area contributed by atoms with Gasteiger partial charge in [-0.3, -0.25) is 9.59 Å². The van der Waals surface area contributed by atoms with E-state index >= 15 is 0 Å². The number of rotatable bonds is 5. The van der Waals surface area contributed by atoms with Gasteiger partial charge in [-0.25, -0.2) is 4.98 Å².